The largest absolute Gasteiger partial charge is 0.417 e. The van der Waals surface area contributed by atoms with Gasteiger partial charge in [0.05, 0.1) is 0 Å². The van der Waals surface area contributed by atoms with E-state index in [1.807, 2.05) is 0 Å². The molecule has 0 fully saturated rings. The van der Waals surface area contributed by atoms with Gasteiger partial charge in [-0.25, -0.2) is 0 Å². The molecule has 2 aromatic rings. The maximum atomic E-state index is 6.34. The summed E-state index contributed by atoms with van der Waals surface area (Å²) >= 11 is 0. The third-order valence-corrected chi connectivity index (χ3v) is 10.5. The molecule has 0 spiro atoms. The van der Waals surface area contributed by atoms with Gasteiger partial charge in [-0.05, 0) is 42.5 Å². The molecule has 0 aliphatic rings. The minimum absolute atomic E-state index is 0.296. The van der Waals surface area contributed by atoms with Crippen LogP contribution in [-0.2, 0) is 4.43 Å². The van der Waals surface area contributed by atoms with Crippen LogP contribution in [0.5, 0.6) is 0 Å². The molecule has 2 heteroatoms. The first-order valence-electron chi connectivity index (χ1n) is 10.4. The number of rotatable bonds is 10. The summed E-state index contributed by atoms with van der Waals surface area (Å²) in [7, 11) is -1.61. The van der Waals surface area contributed by atoms with Gasteiger partial charge in [0.1, 0.15) is 0 Å². The summed E-state index contributed by atoms with van der Waals surface area (Å²) in [5, 5.41) is 0.296. The molecule has 148 valence electrons. The van der Waals surface area contributed by atoms with Crippen LogP contribution in [-0.4, -0.2) is 14.9 Å². The average Bonchev–Trinajstić information content (AvgIpc) is 2.64. The lowest BCUT2D eigenvalue weighted by atomic mass is 9.88. The van der Waals surface area contributed by atoms with E-state index >= 15 is 0 Å². The van der Waals surface area contributed by atoms with Gasteiger partial charge in [-0.2, -0.15) is 24.1 Å². The van der Waals surface area contributed by atoms with Crippen LogP contribution in [0.25, 0.3) is 0 Å². The van der Waals surface area contributed by atoms with E-state index in [0.717, 1.165) is 19.4 Å². The maximum absolute atomic E-state index is 6.34. The fourth-order valence-corrected chi connectivity index (χ4v) is 4.14. The predicted molar refractivity (Wildman–Crippen MR) is 121 cm³/mol. The molecule has 0 heterocycles. The molecule has 1 unspecified atom stereocenters. The zero-order valence-corrected chi connectivity index (χ0v) is 18.9. The van der Waals surface area contributed by atoms with Gasteiger partial charge in [-0.15, -0.1) is 12.1 Å². The Labute approximate surface area is 168 Å². The third-order valence-electron chi connectivity index (χ3n) is 5.92. The Morgan fingerprint density at radius 2 is 1.48 bits per heavy atom. The van der Waals surface area contributed by atoms with Gasteiger partial charge in [0.15, 0.2) is 8.32 Å². The first-order valence-corrected chi connectivity index (χ1v) is 13.3. The van der Waals surface area contributed by atoms with Gasteiger partial charge >= 0.3 is 0 Å². The summed E-state index contributed by atoms with van der Waals surface area (Å²) in [4.78, 5) is 0. The fraction of sp³-hybridized carbons (Fsp3) is 0.480. The molecule has 1 nitrogen and oxygen atoms in total. The Morgan fingerprint density at radius 1 is 0.889 bits per heavy atom. The highest BCUT2D eigenvalue weighted by Gasteiger charge is 2.36. The second kappa shape index (κ2) is 10.1. The van der Waals surface area contributed by atoms with E-state index in [1.165, 1.54) is 24.0 Å². The first-order chi connectivity index (χ1) is 12.8. The zero-order chi connectivity index (χ0) is 19.8. The molecule has 0 bridgehead atoms. The van der Waals surface area contributed by atoms with Crippen molar-refractivity contribution in [1.29, 1.82) is 0 Å². The van der Waals surface area contributed by atoms with E-state index in [2.05, 4.69) is 101 Å². The minimum Gasteiger partial charge on any atom is -0.417 e. The van der Waals surface area contributed by atoms with Crippen LogP contribution in [0.1, 0.15) is 63.5 Å². The molecule has 0 amide bonds. The molecule has 27 heavy (non-hydrogen) atoms. The van der Waals surface area contributed by atoms with Gasteiger partial charge in [-0.1, -0.05) is 70.0 Å². The van der Waals surface area contributed by atoms with Crippen molar-refractivity contribution in [3.05, 3.63) is 78.2 Å². The van der Waals surface area contributed by atoms with Gasteiger partial charge in [0, 0.05) is 6.61 Å². The molecule has 0 aliphatic carbocycles. The Bertz CT molecular complexity index is 643. The van der Waals surface area contributed by atoms with Crippen molar-refractivity contribution in [2.24, 2.45) is 0 Å². The molecule has 0 radical (unpaired) electrons. The summed E-state index contributed by atoms with van der Waals surface area (Å²) in [5.41, 5.74) is 2.77. The van der Waals surface area contributed by atoms with Gasteiger partial charge in [-0.3, -0.25) is 0 Å². The van der Waals surface area contributed by atoms with Crippen LogP contribution in [0, 0.1) is 6.42 Å². The molecule has 0 aromatic heterocycles. The quantitative estimate of drug-likeness (QED) is 0.234. The topological polar surface area (TPSA) is 9.23 Å². The average molecular weight is 382 g/mol. The highest BCUT2D eigenvalue weighted by molar-refractivity contribution is 6.74. The van der Waals surface area contributed by atoms with Crippen molar-refractivity contribution in [2.75, 3.05) is 6.61 Å². The zero-order valence-electron chi connectivity index (χ0n) is 17.9. The van der Waals surface area contributed by atoms with Crippen molar-refractivity contribution in [3.63, 3.8) is 0 Å². The summed E-state index contributed by atoms with van der Waals surface area (Å²) in [6, 6.07) is 21.7. The SMILES string of the molecule is CC(C)(C)[Si](C)(C)OCCCCC(C[CH-]c1ccccc1)c1ccccc1. The number of unbranched alkanes of at least 4 members (excludes halogenated alkanes) is 1. The van der Waals surface area contributed by atoms with E-state index in [9.17, 15) is 0 Å². The van der Waals surface area contributed by atoms with Crippen LogP contribution >= 0.6 is 0 Å². The highest BCUT2D eigenvalue weighted by Crippen LogP contribution is 2.36. The Balaban J connectivity index is 1.84. The molecule has 2 aromatic carbocycles. The van der Waals surface area contributed by atoms with E-state index in [1.54, 1.807) is 0 Å². The van der Waals surface area contributed by atoms with Crippen molar-refractivity contribution in [3.8, 4) is 0 Å². The fourth-order valence-electron chi connectivity index (χ4n) is 3.05. The van der Waals surface area contributed by atoms with Crippen molar-refractivity contribution < 1.29 is 4.43 Å². The van der Waals surface area contributed by atoms with Crippen LogP contribution in [0.15, 0.2) is 60.7 Å². The van der Waals surface area contributed by atoms with E-state index in [0.29, 0.717) is 11.0 Å². The van der Waals surface area contributed by atoms with E-state index in [-0.39, 0.29) is 0 Å². The predicted octanol–water partition coefficient (Wildman–Crippen LogP) is 7.60. The van der Waals surface area contributed by atoms with Crippen LogP contribution < -0.4 is 0 Å². The van der Waals surface area contributed by atoms with Crippen LogP contribution in [0.2, 0.25) is 18.1 Å². The standard InChI is InChI=1S/C25H37OSi/c1-25(2,3)27(4,5)26-21-13-12-18-24(23-16-10-7-11-17-23)20-19-22-14-8-6-9-15-22/h6-11,14-17,19,24H,12-13,18,20-21H2,1-5H3/q-1. The third kappa shape index (κ3) is 7.19. The molecule has 2 rings (SSSR count). The Hall–Kier alpha value is -1.51. The molecule has 0 N–H and O–H groups in total. The second-order valence-electron chi connectivity index (χ2n) is 9.06. The second-order valence-corrected chi connectivity index (χ2v) is 13.9. The van der Waals surface area contributed by atoms with Gasteiger partial charge in [0.25, 0.3) is 0 Å². The number of hydrogen-bond donors (Lipinski definition) is 0. The lowest BCUT2D eigenvalue weighted by Crippen LogP contribution is -2.40. The first kappa shape index (κ1) is 21.8. The molecular weight excluding hydrogens is 344 g/mol. The number of benzene rings is 2. The highest BCUT2D eigenvalue weighted by atomic mass is 28.4. The van der Waals surface area contributed by atoms with Crippen LogP contribution in [0.3, 0.4) is 0 Å². The molecule has 0 saturated carbocycles. The summed E-state index contributed by atoms with van der Waals surface area (Å²) < 4.78 is 6.34. The lowest BCUT2D eigenvalue weighted by molar-refractivity contribution is 0.276. The summed E-state index contributed by atoms with van der Waals surface area (Å²) in [6.45, 7) is 12.5. The van der Waals surface area contributed by atoms with Crippen LogP contribution in [0.4, 0.5) is 0 Å². The smallest absolute Gasteiger partial charge is 0.191 e. The van der Waals surface area contributed by atoms with Crippen molar-refractivity contribution in [1.82, 2.24) is 0 Å². The normalized spacial score (nSPS) is 13.4. The summed E-state index contributed by atoms with van der Waals surface area (Å²) in [6.07, 6.45) is 7.06. The monoisotopic (exact) mass is 381 g/mol. The Kier molecular flexibility index (Phi) is 8.19. The van der Waals surface area contributed by atoms with Crippen molar-refractivity contribution >= 4 is 8.32 Å². The molecule has 1 atom stereocenters. The maximum Gasteiger partial charge on any atom is 0.191 e. The summed E-state index contributed by atoms with van der Waals surface area (Å²) in [5.74, 6) is 0.583. The Morgan fingerprint density at radius 3 is 2.07 bits per heavy atom. The van der Waals surface area contributed by atoms with Gasteiger partial charge < -0.3 is 4.43 Å². The molecule has 0 saturated heterocycles. The molecule has 0 aliphatic heterocycles. The van der Waals surface area contributed by atoms with Gasteiger partial charge in [0.2, 0.25) is 0 Å². The van der Waals surface area contributed by atoms with E-state index < -0.39 is 8.32 Å². The molecular formula is C25H37OSi-. The minimum atomic E-state index is -1.61. The van der Waals surface area contributed by atoms with Crippen molar-refractivity contribution in [2.45, 2.75) is 70.5 Å². The number of hydrogen-bond acceptors (Lipinski definition) is 1. The lowest BCUT2D eigenvalue weighted by Gasteiger charge is -2.36. The van der Waals surface area contributed by atoms with E-state index in [4.69, 9.17) is 4.43 Å².